The van der Waals surface area contributed by atoms with Gasteiger partial charge in [-0.15, -0.1) is 0 Å². The minimum Gasteiger partial charge on any atom is -0.465 e. The van der Waals surface area contributed by atoms with Crippen LogP contribution in [0.5, 0.6) is 0 Å². The number of piperazine rings is 1. The van der Waals surface area contributed by atoms with Crippen LogP contribution in [0.3, 0.4) is 0 Å². The van der Waals surface area contributed by atoms with Crippen LogP contribution in [-0.2, 0) is 14.8 Å². The molecule has 1 heterocycles. The first-order chi connectivity index (χ1) is 9.82. The topological polar surface area (TPSA) is 66.9 Å². The van der Waals surface area contributed by atoms with Crippen molar-refractivity contribution in [3.05, 3.63) is 28.8 Å². The first-order valence-corrected chi connectivity index (χ1v) is 8.63. The van der Waals surface area contributed by atoms with Crippen molar-refractivity contribution in [2.45, 2.75) is 0 Å². The van der Waals surface area contributed by atoms with Gasteiger partial charge in [-0.3, -0.25) is 0 Å². The number of rotatable bonds is 3. The van der Waals surface area contributed by atoms with E-state index in [0.717, 1.165) is 0 Å². The SMILES string of the molecule is COC(=O)c1ccc(Cl)c(N2CCN(S(C)(=O)=O)CC2)c1. The zero-order valence-electron chi connectivity index (χ0n) is 11.9. The average Bonchev–Trinajstić information content (AvgIpc) is 2.46. The summed E-state index contributed by atoms with van der Waals surface area (Å²) >= 11 is 6.18. The van der Waals surface area contributed by atoms with Gasteiger partial charge >= 0.3 is 5.97 Å². The molecule has 0 N–H and O–H groups in total. The van der Waals surface area contributed by atoms with Crippen molar-refractivity contribution in [2.75, 3.05) is 44.4 Å². The molecule has 0 amide bonds. The number of ether oxygens (including phenoxy) is 1. The summed E-state index contributed by atoms with van der Waals surface area (Å²) in [5.41, 5.74) is 1.13. The van der Waals surface area contributed by atoms with Gasteiger partial charge in [-0.05, 0) is 18.2 Å². The van der Waals surface area contributed by atoms with E-state index in [9.17, 15) is 13.2 Å². The van der Waals surface area contributed by atoms with Crippen LogP contribution in [0.15, 0.2) is 18.2 Å². The van der Waals surface area contributed by atoms with Crippen molar-refractivity contribution < 1.29 is 17.9 Å². The van der Waals surface area contributed by atoms with E-state index in [1.165, 1.54) is 17.7 Å². The molecule has 0 unspecified atom stereocenters. The van der Waals surface area contributed by atoms with Gasteiger partial charge in [0.05, 0.1) is 29.6 Å². The van der Waals surface area contributed by atoms with Gasteiger partial charge in [0, 0.05) is 26.2 Å². The Morgan fingerprint density at radius 3 is 2.38 bits per heavy atom. The average molecular weight is 333 g/mol. The van der Waals surface area contributed by atoms with Crippen LogP contribution in [0, 0.1) is 0 Å². The zero-order chi connectivity index (χ0) is 15.6. The fourth-order valence-corrected chi connectivity index (χ4v) is 3.32. The number of nitrogens with zero attached hydrogens (tertiary/aromatic N) is 2. The number of benzene rings is 1. The zero-order valence-corrected chi connectivity index (χ0v) is 13.4. The monoisotopic (exact) mass is 332 g/mol. The Morgan fingerprint density at radius 1 is 1.24 bits per heavy atom. The van der Waals surface area contributed by atoms with Gasteiger partial charge in [0.2, 0.25) is 10.0 Å². The quantitative estimate of drug-likeness (QED) is 0.778. The van der Waals surface area contributed by atoms with E-state index in [4.69, 9.17) is 16.3 Å². The molecule has 0 aromatic heterocycles. The predicted molar refractivity (Wildman–Crippen MR) is 81.4 cm³/mol. The third-order valence-corrected chi connectivity index (χ3v) is 5.04. The molecule has 0 radical (unpaired) electrons. The first kappa shape index (κ1) is 16.1. The van der Waals surface area contributed by atoms with Crippen molar-refractivity contribution in [1.82, 2.24) is 4.31 Å². The van der Waals surface area contributed by atoms with Gasteiger partial charge in [-0.2, -0.15) is 4.31 Å². The van der Waals surface area contributed by atoms with Crippen molar-refractivity contribution in [1.29, 1.82) is 0 Å². The van der Waals surface area contributed by atoms with Gasteiger partial charge in [0.25, 0.3) is 0 Å². The molecule has 6 nitrogen and oxygen atoms in total. The highest BCUT2D eigenvalue weighted by Crippen LogP contribution is 2.28. The second-order valence-corrected chi connectivity index (χ2v) is 7.20. The lowest BCUT2D eigenvalue weighted by atomic mass is 10.1. The molecular formula is C13H17ClN2O4S. The van der Waals surface area contributed by atoms with Gasteiger partial charge in [0.15, 0.2) is 0 Å². The number of hydrogen-bond donors (Lipinski definition) is 0. The summed E-state index contributed by atoms with van der Waals surface area (Å²) in [6.07, 6.45) is 1.20. The van der Waals surface area contributed by atoms with Crippen LogP contribution in [0.2, 0.25) is 5.02 Å². The highest BCUT2D eigenvalue weighted by Gasteiger charge is 2.25. The van der Waals surface area contributed by atoms with Crippen LogP contribution in [0.1, 0.15) is 10.4 Å². The Labute approximate surface area is 129 Å². The minimum atomic E-state index is -3.17. The van der Waals surface area contributed by atoms with E-state index in [0.29, 0.717) is 42.5 Å². The predicted octanol–water partition coefficient (Wildman–Crippen LogP) is 1.21. The van der Waals surface area contributed by atoms with Gasteiger partial charge < -0.3 is 9.64 Å². The van der Waals surface area contributed by atoms with Crippen molar-refractivity contribution in [3.63, 3.8) is 0 Å². The molecule has 1 aromatic carbocycles. The molecule has 0 saturated carbocycles. The fraction of sp³-hybridized carbons (Fsp3) is 0.462. The largest absolute Gasteiger partial charge is 0.465 e. The maximum absolute atomic E-state index is 11.6. The van der Waals surface area contributed by atoms with Gasteiger partial charge in [-0.25, -0.2) is 13.2 Å². The first-order valence-electron chi connectivity index (χ1n) is 6.41. The summed E-state index contributed by atoms with van der Waals surface area (Å²) in [5.74, 6) is -0.428. The lowest BCUT2D eigenvalue weighted by Crippen LogP contribution is -2.48. The van der Waals surface area contributed by atoms with Crippen LogP contribution in [0.4, 0.5) is 5.69 Å². The summed E-state index contributed by atoms with van der Waals surface area (Å²) in [6.45, 7) is 1.85. The number of hydrogen-bond acceptors (Lipinski definition) is 5. The molecule has 0 aliphatic carbocycles. The Bertz CT molecular complexity index is 640. The summed E-state index contributed by atoms with van der Waals surface area (Å²) in [7, 11) is -1.85. The van der Waals surface area contributed by atoms with Crippen molar-refractivity contribution >= 4 is 33.3 Å². The van der Waals surface area contributed by atoms with Crippen LogP contribution >= 0.6 is 11.6 Å². The highest BCUT2D eigenvalue weighted by molar-refractivity contribution is 7.88. The summed E-state index contributed by atoms with van der Waals surface area (Å²) < 4.78 is 29.1. The lowest BCUT2D eigenvalue weighted by Gasteiger charge is -2.35. The fourth-order valence-electron chi connectivity index (χ4n) is 2.26. The van der Waals surface area contributed by atoms with Gasteiger partial charge in [0.1, 0.15) is 0 Å². The molecule has 0 spiro atoms. The maximum atomic E-state index is 11.6. The van der Waals surface area contributed by atoms with Crippen LogP contribution in [0.25, 0.3) is 0 Å². The Balaban J connectivity index is 2.18. The Kier molecular flexibility index (Phi) is 4.75. The maximum Gasteiger partial charge on any atom is 0.337 e. The second kappa shape index (κ2) is 6.21. The van der Waals surface area contributed by atoms with E-state index < -0.39 is 16.0 Å². The van der Waals surface area contributed by atoms with E-state index in [-0.39, 0.29) is 0 Å². The molecule has 1 aliphatic heterocycles. The number of methoxy groups -OCH3 is 1. The molecule has 0 atom stereocenters. The van der Waals surface area contributed by atoms with E-state index in [2.05, 4.69) is 0 Å². The summed E-state index contributed by atoms with van der Waals surface area (Å²) in [5, 5.41) is 0.524. The molecule has 116 valence electrons. The Morgan fingerprint density at radius 2 is 1.86 bits per heavy atom. The number of sulfonamides is 1. The van der Waals surface area contributed by atoms with E-state index in [1.807, 2.05) is 4.90 Å². The number of anilines is 1. The highest BCUT2D eigenvalue weighted by atomic mass is 35.5. The van der Waals surface area contributed by atoms with Gasteiger partial charge in [-0.1, -0.05) is 11.6 Å². The molecule has 0 bridgehead atoms. The Hall–Kier alpha value is -1.31. The molecule has 8 heteroatoms. The number of carbonyl (C=O) groups excluding carboxylic acids is 1. The molecule has 1 aromatic rings. The summed E-state index contributed by atoms with van der Waals surface area (Å²) in [4.78, 5) is 13.5. The van der Waals surface area contributed by atoms with Crippen molar-refractivity contribution in [3.8, 4) is 0 Å². The van der Waals surface area contributed by atoms with Crippen LogP contribution < -0.4 is 4.90 Å². The van der Waals surface area contributed by atoms with E-state index >= 15 is 0 Å². The third kappa shape index (κ3) is 3.66. The minimum absolute atomic E-state index is 0.400. The standard InChI is InChI=1S/C13H17ClN2O4S/c1-20-13(17)10-3-4-11(14)12(9-10)15-5-7-16(8-6-15)21(2,18)19/h3-4,9H,5-8H2,1-2H3. The normalized spacial score (nSPS) is 16.8. The van der Waals surface area contributed by atoms with E-state index in [1.54, 1.807) is 18.2 Å². The second-order valence-electron chi connectivity index (χ2n) is 4.81. The molecule has 1 saturated heterocycles. The number of halogens is 1. The van der Waals surface area contributed by atoms with Crippen molar-refractivity contribution in [2.24, 2.45) is 0 Å². The number of carbonyl (C=O) groups is 1. The lowest BCUT2D eigenvalue weighted by molar-refractivity contribution is 0.0601. The molecule has 21 heavy (non-hydrogen) atoms. The molecule has 1 fully saturated rings. The molecule has 2 rings (SSSR count). The third-order valence-electron chi connectivity index (χ3n) is 3.42. The number of esters is 1. The molecule has 1 aliphatic rings. The smallest absolute Gasteiger partial charge is 0.337 e. The summed E-state index contributed by atoms with van der Waals surface area (Å²) in [6, 6.07) is 4.92. The van der Waals surface area contributed by atoms with Crippen LogP contribution in [-0.4, -0.2) is 58.2 Å². The molecular weight excluding hydrogens is 316 g/mol.